The lowest BCUT2D eigenvalue weighted by atomic mass is 10.00. The lowest BCUT2D eigenvalue weighted by Crippen LogP contribution is -1.88. The Labute approximate surface area is 139 Å². The molecule has 5 heteroatoms. The summed E-state index contributed by atoms with van der Waals surface area (Å²) < 4.78 is 7.14. The van der Waals surface area contributed by atoms with E-state index < -0.39 is 0 Å². The summed E-state index contributed by atoms with van der Waals surface area (Å²) in [5, 5.41) is 4.13. The molecule has 0 spiro atoms. The second-order valence-electron chi connectivity index (χ2n) is 4.80. The molecule has 3 aromatic rings. The van der Waals surface area contributed by atoms with Crippen LogP contribution in [-0.4, -0.2) is 5.16 Å². The van der Waals surface area contributed by atoms with Crippen LogP contribution in [0.5, 0.6) is 0 Å². The molecule has 0 aliphatic rings. The third kappa shape index (κ3) is 2.89. The third-order valence-electron chi connectivity index (χ3n) is 3.16. The molecular weight excluding hydrogens is 396 g/mol. The monoisotopic (exact) mass is 406 g/mol. The zero-order chi connectivity index (χ0) is 15.0. The van der Waals surface area contributed by atoms with Crippen LogP contribution in [0.2, 0.25) is 0 Å². The van der Waals surface area contributed by atoms with Crippen LogP contribution in [0.15, 0.2) is 55.9 Å². The highest BCUT2D eigenvalue weighted by atomic mass is 79.9. The molecule has 0 aliphatic heterocycles. The van der Waals surface area contributed by atoms with E-state index in [1.807, 2.05) is 43.3 Å². The van der Waals surface area contributed by atoms with E-state index in [0.29, 0.717) is 5.88 Å². The van der Waals surface area contributed by atoms with E-state index in [-0.39, 0.29) is 0 Å². The fourth-order valence-electron chi connectivity index (χ4n) is 2.27. The number of nitrogen functional groups attached to an aromatic ring is 1. The average Bonchev–Trinajstić information content (AvgIpc) is 2.79. The lowest BCUT2D eigenvalue weighted by Gasteiger charge is -2.05. The van der Waals surface area contributed by atoms with E-state index >= 15 is 0 Å². The quantitative estimate of drug-likeness (QED) is 0.616. The molecule has 0 atom stereocenters. The maximum absolute atomic E-state index is 5.98. The zero-order valence-corrected chi connectivity index (χ0v) is 14.4. The summed E-state index contributed by atoms with van der Waals surface area (Å²) in [6.45, 7) is 2.04. The van der Waals surface area contributed by atoms with Gasteiger partial charge in [0.2, 0.25) is 5.88 Å². The molecule has 0 saturated heterocycles. The van der Waals surface area contributed by atoms with Crippen LogP contribution in [0.1, 0.15) is 5.56 Å². The number of hydrogen-bond donors (Lipinski definition) is 1. The van der Waals surface area contributed by atoms with Gasteiger partial charge in [-0.2, -0.15) is 0 Å². The van der Waals surface area contributed by atoms with Crippen molar-refractivity contribution >= 4 is 37.7 Å². The highest BCUT2D eigenvalue weighted by Gasteiger charge is 2.18. The number of nitrogens with zero attached hydrogens (tertiary/aromatic N) is 1. The molecule has 2 N–H and O–H groups in total. The molecule has 0 unspecified atom stereocenters. The largest absolute Gasteiger partial charge is 0.367 e. The Hall–Kier alpha value is -1.59. The number of aryl methyl sites for hydroxylation is 1. The summed E-state index contributed by atoms with van der Waals surface area (Å²) in [6, 6.07) is 14.1. The predicted molar refractivity (Wildman–Crippen MR) is 91.9 cm³/mol. The Balaban J connectivity index is 2.21. The van der Waals surface area contributed by atoms with E-state index in [9.17, 15) is 0 Å². The van der Waals surface area contributed by atoms with Crippen molar-refractivity contribution in [3.8, 4) is 22.4 Å². The summed E-state index contributed by atoms with van der Waals surface area (Å²) in [5.41, 5.74) is 10.6. The van der Waals surface area contributed by atoms with Crippen LogP contribution in [0.3, 0.4) is 0 Å². The molecule has 1 aromatic heterocycles. The first-order valence-corrected chi connectivity index (χ1v) is 7.92. The van der Waals surface area contributed by atoms with Crippen LogP contribution >= 0.6 is 31.9 Å². The highest BCUT2D eigenvalue weighted by molar-refractivity contribution is 9.11. The van der Waals surface area contributed by atoms with E-state index in [4.69, 9.17) is 10.3 Å². The number of aromatic nitrogens is 1. The van der Waals surface area contributed by atoms with Crippen molar-refractivity contribution in [1.29, 1.82) is 0 Å². The Morgan fingerprint density at radius 1 is 1.00 bits per heavy atom. The molecule has 3 rings (SSSR count). The minimum Gasteiger partial charge on any atom is -0.367 e. The number of hydrogen-bond acceptors (Lipinski definition) is 3. The lowest BCUT2D eigenvalue weighted by molar-refractivity contribution is 0.439. The normalized spacial score (nSPS) is 10.8. The van der Waals surface area contributed by atoms with Gasteiger partial charge in [-0.3, -0.25) is 0 Å². The van der Waals surface area contributed by atoms with Gasteiger partial charge >= 0.3 is 0 Å². The van der Waals surface area contributed by atoms with E-state index in [2.05, 4.69) is 43.1 Å². The van der Waals surface area contributed by atoms with Gasteiger partial charge in [-0.1, -0.05) is 66.8 Å². The molecule has 0 amide bonds. The first-order chi connectivity index (χ1) is 10.0. The number of benzene rings is 2. The molecular formula is C16H12Br2N2O. The Kier molecular flexibility index (Phi) is 3.87. The first-order valence-electron chi connectivity index (χ1n) is 6.33. The summed E-state index contributed by atoms with van der Waals surface area (Å²) in [5.74, 6) is 0.326. The van der Waals surface area contributed by atoms with Gasteiger partial charge in [0.25, 0.3) is 0 Å². The van der Waals surface area contributed by atoms with Gasteiger partial charge in [0.1, 0.15) is 5.69 Å². The SMILES string of the molecule is Cc1cccc(-c2c(-c3cc(Br)cc(Br)c3)noc2N)c1. The van der Waals surface area contributed by atoms with Crippen molar-refractivity contribution in [3.05, 3.63) is 57.0 Å². The number of nitrogens with two attached hydrogens (primary N) is 1. The molecule has 0 radical (unpaired) electrons. The van der Waals surface area contributed by atoms with Crippen LogP contribution in [0.4, 0.5) is 5.88 Å². The van der Waals surface area contributed by atoms with Gasteiger partial charge in [0.15, 0.2) is 0 Å². The number of halogens is 2. The van der Waals surface area contributed by atoms with Crippen molar-refractivity contribution in [2.45, 2.75) is 6.92 Å². The van der Waals surface area contributed by atoms with Crippen LogP contribution < -0.4 is 5.73 Å². The van der Waals surface area contributed by atoms with Crippen molar-refractivity contribution in [2.24, 2.45) is 0 Å². The number of rotatable bonds is 2. The van der Waals surface area contributed by atoms with Crippen LogP contribution in [0, 0.1) is 6.92 Å². The molecule has 0 saturated carbocycles. The van der Waals surface area contributed by atoms with E-state index in [0.717, 1.165) is 36.9 Å². The molecule has 2 aromatic carbocycles. The first kappa shape index (κ1) is 14.4. The molecule has 0 fully saturated rings. The maximum atomic E-state index is 5.98. The summed E-state index contributed by atoms with van der Waals surface area (Å²) in [6.07, 6.45) is 0. The molecule has 21 heavy (non-hydrogen) atoms. The second-order valence-corrected chi connectivity index (χ2v) is 6.63. The summed E-state index contributed by atoms with van der Waals surface area (Å²) >= 11 is 6.98. The van der Waals surface area contributed by atoms with E-state index in [1.54, 1.807) is 0 Å². The van der Waals surface area contributed by atoms with Gasteiger partial charge in [0, 0.05) is 14.5 Å². The Morgan fingerprint density at radius 3 is 2.38 bits per heavy atom. The summed E-state index contributed by atoms with van der Waals surface area (Å²) in [7, 11) is 0. The topological polar surface area (TPSA) is 52.0 Å². The van der Waals surface area contributed by atoms with E-state index in [1.165, 1.54) is 0 Å². The fourth-order valence-corrected chi connectivity index (χ4v) is 3.56. The molecule has 0 aliphatic carbocycles. The molecule has 3 nitrogen and oxygen atoms in total. The van der Waals surface area contributed by atoms with Gasteiger partial charge in [-0.15, -0.1) is 0 Å². The van der Waals surface area contributed by atoms with Crippen molar-refractivity contribution < 1.29 is 4.52 Å². The standard InChI is InChI=1S/C16H12Br2N2O/c1-9-3-2-4-10(5-9)14-15(20-21-16(14)19)11-6-12(17)8-13(18)7-11/h2-8H,19H2,1H3. The van der Waals surface area contributed by atoms with Crippen molar-refractivity contribution in [2.75, 3.05) is 5.73 Å². The minimum atomic E-state index is 0.326. The van der Waals surface area contributed by atoms with Gasteiger partial charge in [0.05, 0.1) is 5.56 Å². The van der Waals surface area contributed by atoms with Crippen molar-refractivity contribution in [1.82, 2.24) is 5.16 Å². The van der Waals surface area contributed by atoms with Crippen molar-refractivity contribution in [3.63, 3.8) is 0 Å². The Bertz CT molecular complexity index is 792. The maximum Gasteiger partial charge on any atom is 0.230 e. The summed E-state index contributed by atoms with van der Waals surface area (Å²) in [4.78, 5) is 0. The zero-order valence-electron chi connectivity index (χ0n) is 11.2. The minimum absolute atomic E-state index is 0.326. The molecule has 0 bridgehead atoms. The van der Waals surface area contributed by atoms with Gasteiger partial charge in [-0.25, -0.2) is 0 Å². The predicted octanol–water partition coefficient (Wildman–Crippen LogP) is 5.42. The second kappa shape index (κ2) is 5.66. The van der Waals surface area contributed by atoms with Gasteiger partial charge in [-0.05, 0) is 30.7 Å². The molecule has 106 valence electrons. The Morgan fingerprint density at radius 2 is 1.71 bits per heavy atom. The average molecular weight is 408 g/mol. The van der Waals surface area contributed by atoms with Gasteiger partial charge < -0.3 is 10.3 Å². The molecule has 1 heterocycles. The third-order valence-corrected chi connectivity index (χ3v) is 4.08. The smallest absolute Gasteiger partial charge is 0.230 e. The highest BCUT2D eigenvalue weighted by Crippen LogP contribution is 2.38. The fraction of sp³-hybridized carbons (Fsp3) is 0.0625. The number of anilines is 1. The van der Waals surface area contributed by atoms with Crippen LogP contribution in [0.25, 0.3) is 22.4 Å². The van der Waals surface area contributed by atoms with Crippen LogP contribution in [-0.2, 0) is 0 Å².